The molecule has 0 bridgehead atoms. The Labute approximate surface area is 101 Å². The summed E-state index contributed by atoms with van der Waals surface area (Å²) in [6.07, 6.45) is -6.18. The molecule has 1 aliphatic rings. The maximum absolute atomic E-state index is 9.71. The summed E-state index contributed by atoms with van der Waals surface area (Å²) in [7, 11) is 0. The lowest BCUT2D eigenvalue weighted by Crippen LogP contribution is -2.59. The van der Waals surface area contributed by atoms with Gasteiger partial charge in [0.2, 0.25) is 0 Å². The van der Waals surface area contributed by atoms with E-state index in [1.165, 1.54) is 0 Å². The van der Waals surface area contributed by atoms with Crippen LogP contribution in [0.5, 0.6) is 0 Å². The van der Waals surface area contributed by atoms with Crippen LogP contribution in [-0.4, -0.2) is 63.8 Å². The maximum atomic E-state index is 9.71. The first-order valence-corrected chi connectivity index (χ1v) is 5.84. The van der Waals surface area contributed by atoms with Crippen LogP contribution in [-0.2, 0) is 9.47 Å². The Hall–Kier alpha value is -0.240. The van der Waals surface area contributed by atoms with Gasteiger partial charge in [0.15, 0.2) is 6.29 Å². The topological polar surface area (TPSA) is 99.4 Å². The molecule has 0 radical (unpaired) electrons. The smallest absolute Gasteiger partial charge is 0.186 e. The fraction of sp³-hybridized carbons (Fsp3) is 1.00. The Morgan fingerprint density at radius 3 is 2.12 bits per heavy atom. The van der Waals surface area contributed by atoms with Crippen LogP contribution >= 0.6 is 0 Å². The second-order valence-electron chi connectivity index (χ2n) is 4.78. The minimum atomic E-state index is -1.38. The van der Waals surface area contributed by atoms with E-state index in [9.17, 15) is 15.3 Å². The molecule has 1 fully saturated rings. The number of ether oxygens (including phenoxy) is 2. The molecular weight excluding hydrogens is 228 g/mol. The molecule has 1 heterocycles. The van der Waals surface area contributed by atoms with Crippen LogP contribution in [0.3, 0.4) is 0 Å². The van der Waals surface area contributed by atoms with Crippen molar-refractivity contribution in [2.75, 3.05) is 6.61 Å². The van der Waals surface area contributed by atoms with Gasteiger partial charge in [-0.05, 0) is 12.8 Å². The van der Waals surface area contributed by atoms with Crippen LogP contribution < -0.4 is 0 Å². The van der Waals surface area contributed by atoms with Crippen LogP contribution in [0.2, 0.25) is 0 Å². The summed E-state index contributed by atoms with van der Waals surface area (Å²) in [5.74, 6) is 0.224. The summed E-state index contributed by atoms with van der Waals surface area (Å²) < 4.78 is 10.7. The molecule has 6 atom stereocenters. The predicted octanol–water partition coefficient (Wildman–Crippen LogP) is -1.15. The normalized spacial score (nSPS) is 40.6. The SMILES string of the molecule is CC(C)C(C)O[C@@H]1OC(CO)[C@@H](O)C(O)C1O. The molecule has 6 heteroatoms. The van der Waals surface area contributed by atoms with E-state index in [1.807, 2.05) is 20.8 Å². The second kappa shape index (κ2) is 6.08. The van der Waals surface area contributed by atoms with E-state index in [1.54, 1.807) is 0 Å². The lowest BCUT2D eigenvalue weighted by Gasteiger charge is -2.40. The van der Waals surface area contributed by atoms with E-state index in [0.29, 0.717) is 0 Å². The second-order valence-corrected chi connectivity index (χ2v) is 4.78. The van der Waals surface area contributed by atoms with Gasteiger partial charge in [0.1, 0.15) is 24.4 Å². The fourth-order valence-corrected chi connectivity index (χ4v) is 1.55. The van der Waals surface area contributed by atoms with E-state index in [0.717, 1.165) is 0 Å². The van der Waals surface area contributed by atoms with E-state index < -0.39 is 37.3 Å². The zero-order valence-corrected chi connectivity index (χ0v) is 10.4. The Morgan fingerprint density at radius 1 is 1.06 bits per heavy atom. The highest BCUT2D eigenvalue weighted by Crippen LogP contribution is 2.24. The number of hydrogen-bond donors (Lipinski definition) is 4. The first kappa shape index (κ1) is 14.8. The minimum Gasteiger partial charge on any atom is -0.394 e. The highest BCUT2D eigenvalue weighted by molar-refractivity contribution is 4.89. The highest BCUT2D eigenvalue weighted by Gasteiger charge is 2.44. The molecule has 0 amide bonds. The Balaban J connectivity index is 2.65. The third kappa shape index (κ3) is 3.37. The molecule has 4 unspecified atom stereocenters. The molecule has 1 rings (SSSR count). The summed E-state index contributed by atoms with van der Waals surface area (Å²) in [6, 6.07) is 0. The van der Waals surface area contributed by atoms with Crippen molar-refractivity contribution in [1.82, 2.24) is 0 Å². The van der Waals surface area contributed by atoms with Crippen LogP contribution in [0.25, 0.3) is 0 Å². The zero-order valence-electron chi connectivity index (χ0n) is 10.4. The maximum Gasteiger partial charge on any atom is 0.186 e. The molecule has 0 aromatic carbocycles. The van der Waals surface area contributed by atoms with Crippen LogP contribution in [0.4, 0.5) is 0 Å². The summed E-state index contributed by atoms with van der Waals surface area (Å²) in [5, 5.41) is 37.8. The van der Waals surface area contributed by atoms with Crippen molar-refractivity contribution in [3.63, 3.8) is 0 Å². The first-order chi connectivity index (χ1) is 7.88. The lowest BCUT2D eigenvalue weighted by atomic mass is 9.99. The van der Waals surface area contributed by atoms with E-state index in [4.69, 9.17) is 14.6 Å². The Kier molecular flexibility index (Phi) is 5.30. The fourth-order valence-electron chi connectivity index (χ4n) is 1.55. The van der Waals surface area contributed by atoms with Crippen LogP contribution in [0.1, 0.15) is 20.8 Å². The van der Waals surface area contributed by atoms with Gasteiger partial charge in [-0.2, -0.15) is 0 Å². The molecule has 0 spiro atoms. The highest BCUT2D eigenvalue weighted by atomic mass is 16.7. The number of hydrogen-bond acceptors (Lipinski definition) is 6. The largest absolute Gasteiger partial charge is 0.394 e. The molecule has 0 saturated carbocycles. The van der Waals surface area contributed by atoms with Gasteiger partial charge in [-0.15, -0.1) is 0 Å². The first-order valence-electron chi connectivity index (χ1n) is 5.84. The lowest BCUT2D eigenvalue weighted by molar-refractivity contribution is -0.312. The molecule has 1 saturated heterocycles. The average Bonchev–Trinajstić information content (AvgIpc) is 2.29. The summed E-state index contributed by atoms with van der Waals surface area (Å²) in [6.45, 7) is 5.29. The van der Waals surface area contributed by atoms with Crippen molar-refractivity contribution in [1.29, 1.82) is 0 Å². The number of aliphatic hydroxyl groups is 4. The molecule has 0 aromatic heterocycles. The number of aliphatic hydroxyl groups excluding tert-OH is 4. The molecule has 1 aliphatic heterocycles. The van der Waals surface area contributed by atoms with Crippen LogP contribution in [0, 0.1) is 5.92 Å². The zero-order chi connectivity index (χ0) is 13.2. The quantitative estimate of drug-likeness (QED) is 0.503. The number of rotatable bonds is 4. The van der Waals surface area contributed by atoms with Gasteiger partial charge in [0.25, 0.3) is 0 Å². The monoisotopic (exact) mass is 250 g/mol. The standard InChI is InChI=1S/C11H22O6/c1-5(2)6(3)16-11-10(15)9(14)8(13)7(4-12)17-11/h5-15H,4H2,1-3H3/t6?,7?,8-,9?,10?,11-/m1/s1. The van der Waals surface area contributed by atoms with Crippen molar-refractivity contribution in [3.8, 4) is 0 Å². The van der Waals surface area contributed by atoms with E-state index in [-0.39, 0.29) is 12.0 Å². The van der Waals surface area contributed by atoms with Crippen molar-refractivity contribution in [2.45, 2.75) is 57.6 Å². The van der Waals surface area contributed by atoms with Gasteiger partial charge in [0.05, 0.1) is 12.7 Å². The molecule has 0 aromatic rings. The Bertz CT molecular complexity index is 230. The van der Waals surface area contributed by atoms with Gasteiger partial charge < -0.3 is 29.9 Å². The molecule has 102 valence electrons. The van der Waals surface area contributed by atoms with Gasteiger partial charge in [-0.25, -0.2) is 0 Å². The van der Waals surface area contributed by atoms with Gasteiger partial charge >= 0.3 is 0 Å². The van der Waals surface area contributed by atoms with Gasteiger partial charge in [-0.1, -0.05) is 13.8 Å². The summed E-state index contributed by atoms with van der Waals surface area (Å²) in [4.78, 5) is 0. The summed E-state index contributed by atoms with van der Waals surface area (Å²) in [5.41, 5.74) is 0. The third-order valence-corrected chi connectivity index (χ3v) is 3.14. The minimum absolute atomic E-state index is 0.170. The molecule has 4 N–H and O–H groups in total. The molecular formula is C11H22O6. The Morgan fingerprint density at radius 2 is 1.65 bits per heavy atom. The van der Waals surface area contributed by atoms with E-state index >= 15 is 0 Å². The van der Waals surface area contributed by atoms with Gasteiger partial charge in [0, 0.05) is 0 Å². The summed E-state index contributed by atoms with van der Waals surface area (Å²) >= 11 is 0. The third-order valence-electron chi connectivity index (χ3n) is 3.14. The molecule has 17 heavy (non-hydrogen) atoms. The predicted molar refractivity (Wildman–Crippen MR) is 59.2 cm³/mol. The van der Waals surface area contributed by atoms with Crippen molar-refractivity contribution in [2.24, 2.45) is 5.92 Å². The van der Waals surface area contributed by atoms with Crippen molar-refractivity contribution in [3.05, 3.63) is 0 Å². The van der Waals surface area contributed by atoms with Gasteiger partial charge in [-0.3, -0.25) is 0 Å². The molecule has 0 aliphatic carbocycles. The molecule has 6 nitrogen and oxygen atoms in total. The van der Waals surface area contributed by atoms with Crippen molar-refractivity contribution < 1.29 is 29.9 Å². The van der Waals surface area contributed by atoms with Crippen LogP contribution in [0.15, 0.2) is 0 Å². The van der Waals surface area contributed by atoms with E-state index in [2.05, 4.69) is 0 Å². The van der Waals surface area contributed by atoms with Crippen molar-refractivity contribution >= 4 is 0 Å². The average molecular weight is 250 g/mol.